The molecule has 1 N–H and O–H groups in total. The van der Waals surface area contributed by atoms with Gasteiger partial charge in [-0.25, -0.2) is 9.67 Å². The number of hydrogen-bond donors (Lipinski definition) is 1. The fourth-order valence-electron chi connectivity index (χ4n) is 4.00. The number of piperidine rings is 1. The number of aryl methyl sites for hydroxylation is 1. The molecule has 2 heterocycles. The van der Waals surface area contributed by atoms with E-state index in [0.717, 1.165) is 22.4 Å². The van der Waals surface area contributed by atoms with Crippen molar-refractivity contribution in [3.05, 3.63) is 77.9 Å². The molecule has 160 valence electrons. The van der Waals surface area contributed by atoms with Gasteiger partial charge in [0.05, 0.1) is 11.7 Å². The Morgan fingerprint density at radius 3 is 2.42 bits per heavy atom. The van der Waals surface area contributed by atoms with Gasteiger partial charge in [-0.15, -0.1) is 0 Å². The van der Waals surface area contributed by atoms with Crippen molar-refractivity contribution < 1.29 is 9.59 Å². The largest absolute Gasteiger partial charge is 0.349 e. The molecule has 0 saturated carbocycles. The van der Waals surface area contributed by atoms with E-state index < -0.39 is 0 Å². The van der Waals surface area contributed by atoms with Crippen LogP contribution in [0.15, 0.2) is 61.2 Å². The first-order chi connectivity index (χ1) is 15.0. The Balaban J connectivity index is 1.30. The molecule has 7 nitrogen and oxygen atoms in total. The summed E-state index contributed by atoms with van der Waals surface area (Å²) in [6, 6.07) is 15.5. The van der Waals surface area contributed by atoms with E-state index in [4.69, 9.17) is 0 Å². The summed E-state index contributed by atoms with van der Waals surface area (Å²) in [5.74, 6) is 0.0337. The van der Waals surface area contributed by atoms with Gasteiger partial charge in [-0.1, -0.05) is 30.3 Å². The van der Waals surface area contributed by atoms with Gasteiger partial charge in [0.1, 0.15) is 12.7 Å². The van der Waals surface area contributed by atoms with Gasteiger partial charge in [0.25, 0.3) is 5.91 Å². The van der Waals surface area contributed by atoms with E-state index in [1.807, 2.05) is 67.3 Å². The van der Waals surface area contributed by atoms with Crippen LogP contribution in [0, 0.1) is 12.8 Å². The van der Waals surface area contributed by atoms with Crippen LogP contribution in [0.25, 0.3) is 5.69 Å². The lowest BCUT2D eigenvalue weighted by Crippen LogP contribution is -2.43. The molecule has 31 heavy (non-hydrogen) atoms. The number of amides is 2. The molecular weight excluding hydrogens is 390 g/mol. The average Bonchev–Trinajstić information content (AvgIpc) is 3.34. The molecule has 1 atom stereocenters. The first kappa shape index (κ1) is 20.8. The van der Waals surface area contributed by atoms with Crippen LogP contribution in [-0.4, -0.2) is 44.6 Å². The minimum Gasteiger partial charge on any atom is -0.349 e. The molecule has 1 saturated heterocycles. The lowest BCUT2D eigenvalue weighted by atomic mass is 9.94. The highest BCUT2D eigenvalue weighted by Gasteiger charge is 2.29. The molecule has 2 aromatic carbocycles. The summed E-state index contributed by atoms with van der Waals surface area (Å²) in [5, 5.41) is 7.25. The number of carbonyl (C=O) groups is 2. The number of nitrogens with one attached hydrogen (secondary N) is 1. The molecule has 0 radical (unpaired) electrons. The zero-order chi connectivity index (χ0) is 21.8. The van der Waals surface area contributed by atoms with Gasteiger partial charge in [0.2, 0.25) is 5.91 Å². The van der Waals surface area contributed by atoms with Gasteiger partial charge < -0.3 is 10.2 Å². The van der Waals surface area contributed by atoms with Crippen molar-refractivity contribution in [2.75, 3.05) is 13.1 Å². The second kappa shape index (κ2) is 9.12. The fraction of sp³-hybridized carbons (Fsp3) is 0.333. The third kappa shape index (κ3) is 4.66. The minimum absolute atomic E-state index is 0.0517. The summed E-state index contributed by atoms with van der Waals surface area (Å²) in [6.07, 6.45) is 4.51. The maximum absolute atomic E-state index is 12.8. The Morgan fingerprint density at radius 1 is 1.06 bits per heavy atom. The van der Waals surface area contributed by atoms with Gasteiger partial charge in [-0.05, 0) is 56.0 Å². The molecule has 0 aliphatic carbocycles. The van der Waals surface area contributed by atoms with Crippen LogP contribution < -0.4 is 5.32 Å². The Morgan fingerprint density at radius 2 is 1.77 bits per heavy atom. The van der Waals surface area contributed by atoms with E-state index in [2.05, 4.69) is 15.4 Å². The van der Waals surface area contributed by atoms with Gasteiger partial charge in [0, 0.05) is 24.6 Å². The number of nitrogens with zero attached hydrogens (tertiary/aromatic N) is 4. The van der Waals surface area contributed by atoms with Crippen molar-refractivity contribution >= 4 is 11.8 Å². The first-order valence-electron chi connectivity index (χ1n) is 10.6. The third-order valence-corrected chi connectivity index (χ3v) is 5.96. The van der Waals surface area contributed by atoms with Crippen molar-refractivity contribution in [1.82, 2.24) is 25.0 Å². The van der Waals surface area contributed by atoms with E-state index >= 15 is 0 Å². The molecule has 1 aliphatic heterocycles. The van der Waals surface area contributed by atoms with Gasteiger partial charge in [-0.3, -0.25) is 9.59 Å². The predicted molar refractivity (Wildman–Crippen MR) is 118 cm³/mol. The zero-order valence-corrected chi connectivity index (χ0v) is 17.9. The summed E-state index contributed by atoms with van der Waals surface area (Å²) < 4.78 is 1.69. The van der Waals surface area contributed by atoms with Crippen LogP contribution in [-0.2, 0) is 4.79 Å². The number of aromatic nitrogens is 3. The Kier molecular flexibility index (Phi) is 6.11. The maximum atomic E-state index is 12.8. The van der Waals surface area contributed by atoms with Crippen LogP contribution in [0.2, 0.25) is 0 Å². The maximum Gasteiger partial charge on any atom is 0.254 e. The molecule has 1 fully saturated rings. The number of rotatable bonds is 5. The lowest BCUT2D eigenvalue weighted by molar-refractivity contribution is -0.127. The van der Waals surface area contributed by atoms with Crippen molar-refractivity contribution in [2.24, 2.45) is 5.92 Å². The Labute approximate surface area is 182 Å². The number of likely N-dealkylation sites (tertiary alicyclic amines) is 1. The van der Waals surface area contributed by atoms with Gasteiger partial charge >= 0.3 is 0 Å². The van der Waals surface area contributed by atoms with Crippen LogP contribution >= 0.6 is 0 Å². The highest BCUT2D eigenvalue weighted by atomic mass is 16.2. The second-order valence-corrected chi connectivity index (χ2v) is 8.04. The number of hydrogen-bond acceptors (Lipinski definition) is 4. The first-order valence-corrected chi connectivity index (χ1v) is 10.6. The lowest BCUT2D eigenvalue weighted by Gasteiger charge is -2.32. The van der Waals surface area contributed by atoms with Crippen LogP contribution in [0.5, 0.6) is 0 Å². The Bertz CT molecular complexity index is 1040. The summed E-state index contributed by atoms with van der Waals surface area (Å²) in [4.78, 5) is 31.4. The number of benzene rings is 2. The van der Waals surface area contributed by atoms with Gasteiger partial charge in [0.15, 0.2) is 0 Å². The summed E-state index contributed by atoms with van der Waals surface area (Å²) in [5.41, 5.74) is 3.68. The highest BCUT2D eigenvalue weighted by molar-refractivity contribution is 5.95. The fourth-order valence-corrected chi connectivity index (χ4v) is 4.00. The van der Waals surface area contributed by atoms with Gasteiger partial charge in [-0.2, -0.15) is 5.10 Å². The van der Waals surface area contributed by atoms with E-state index in [9.17, 15) is 9.59 Å². The molecule has 3 aromatic rings. The van der Waals surface area contributed by atoms with Crippen molar-refractivity contribution in [1.29, 1.82) is 0 Å². The molecule has 1 aliphatic rings. The molecule has 7 heteroatoms. The predicted octanol–water partition coefficient (Wildman–Crippen LogP) is 3.31. The standard InChI is InChI=1S/C24H27N5O2/c1-17-5-3-4-6-22(17)24(31)28-13-11-20(12-14-28)23(30)27-18(2)19-7-9-21(10-8-19)29-16-25-15-26-29/h3-10,15-16,18,20H,11-14H2,1-2H3,(H,27,30)/t18-/m1/s1. The smallest absolute Gasteiger partial charge is 0.254 e. The van der Waals surface area contributed by atoms with Crippen LogP contribution in [0.4, 0.5) is 0 Å². The normalized spacial score (nSPS) is 15.5. The molecule has 0 unspecified atom stereocenters. The van der Waals surface area contributed by atoms with Crippen LogP contribution in [0.3, 0.4) is 0 Å². The number of carbonyl (C=O) groups excluding carboxylic acids is 2. The highest BCUT2D eigenvalue weighted by Crippen LogP contribution is 2.22. The summed E-state index contributed by atoms with van der Waals surface area (Å²) >= 11 is 0. The zero-order valence-electron chi connectivity index (χ0n) is 17.9. The minimum atomic E-state index is -0.0936. The molecular formula is C24H27N5O2. The molecule has 2 amide bonds. The van der Waals surface area contributed by atoms with Crippen molar-refractivity contribution in [2.45, 2.75) is 32.7 Å². The second-order valence-electron chi connectivity index (χ2n) is 8.04. The quantitative estimate of drug-likeness (QED) is 0.691. The summed E-state index contributed by atoms with van der Waals surface area (Å²) in [6.45, 7) is 5.14. The van der Waals surface area contributed by atoms with E-state index in [1.165, 1.54) is 6.33 Å². The molecule has 0 bridgehead atoms. The molecule has 0 spiro atoms. The van der Waals surface area contributed by atoms with E-state index in [-0.39, 0.29) is 23.8 Å². The van der Waals surface area contributed by atoms with Crippen LogP contribution in [0.1, 0.15) is 47.3 Å². The van der Waals surface area contributed by atoms with E-state index in [0.29, 0.717) is 25.9 Å². The molecule has 4 rings (SSSR count). The monoisotopic (exact) mass is 417 g/mol. The SMILES string of the molecule is Cc1ccccc1C(=O)N1CCC(C(=O)N[C@H](C)c2ccc(-n3cncn3)cc2)CC1. The van der Waals surface area contributed by atoms with Crippen molar-refractivity contribution in [3.8, 4) is 5.69 Å². The van der Waals surface area contributed by atoms with Crippen molar-refractivity contribution in [3.63, 3.8) is 0 Å². The molecule has 1 aromatic heterocycles. The topological polar surface area (TPSA) is 80.1 Å². The average molecular weight is 418 g/mol. The Hall–Kier alpha value is -3.48. The summed E-state index contributed by atoms with van der Waals surface area (Å²) in [7, 11) is 0. The third-order valence-electron chi connectivity index (χ3n) is 5.96. The van der Waals surface area contributed by atoms with E-state index in [1.54, 1.807) is 11.0 Å².